The highest BCUT2D eigenvalue weighted by Crippen LogP contribution is 2.21. The smallest absolute Gasteiger partial charge is 0.314 e. The minimum Gasteiger partial charge on any atom is -0.494 e. The Labute approximate surface area is 235 Å². The zero-order chi connectivity index (χ0) is 28.1. The highest BCUT2D eigenvalue weighted by atomic mass is 16.5. The fourth-order valence-corrected chi connectivity index (χ4v) is 4.08. The first kappa shape index (κ1) is 32.2. The Balaban J connectivity index is 1.64. The fourth-order valence-electron chi connectivity index (χ4n) is 4.08. The monoisotopic (exact) mass is 540 g/mol. The Kier molecular flexibility index (Phi) is 16.5. The van der Waals surface area contributed by atoms with Gasteiger partial charge in [-0.25, -0.2) is 0 Å². The maximum atomic E-state index is 12.5. The van der Waals surface area contributed by atoms with Gasteiger partial charge in [-0.1, -0.05) is 85.0 Å². The normalized spacial score (nSPS) is 11.6. The molecule has 0 aliphatic rings. The SMILES string of the molecule is CCCCCCCCOc1ccc(OC(=O)CC(C)C(=O)Oc2ccc(OCCCCCCCC)cc2)cc1. The van der Waals surface area contributed by atoms with E-state index in [0.717, 1.165) is 24.3 Å². The van der Waals surface area contributed by atoms with Crippen LogP contribution in [0.3, 0.4) is 0 Å². The van der Waals surface area contributed by atoms with Crippen molar-refractivity contribution in [3.05, 3.63) is 48.5 Å². The van der Waals surface area contributed by atoms with Gasteiger partial charge in [0.25, 0.3) is 0 Å². The number of carbonyl (C=O) groups is 2. The Bertz CT molecular complexity index is 922. The van der Waals surface area contributed by atoms with E-state index >= 15 is 0 Å². The van der Waals surface area contributed by atoms with Crippen LogP contribution in [0.4, 0.5) is 0 Å². The Morgan fingerprint density at radius 3 is 1.41 bits per heavy atom. The molecule has 0 saturated carbocycles. The second-order valence-electron chi connectivity index (χ2n) is 10.2. The summed E-state index contributed by atoms with van der Waals surface area (Å²) < 4.78 is 22.4. The molecule has 39 heavy (non-hydrogen) atoms. The molecule has 2 aromatic carbocycles. The van der Waals surface area contributed by atoms with Crippen LogP contribution in [0.5, 0.6) is 23.0 Å². The van der Waals surface area contributed by atoms with Crippen LogP contribution in [0.1, 0.15) is 104 Å². The van der Waals surface area contributed by atoms with Gasteiger partial charge in [0.2, 0.25) is 0 Å². The summed E-state index contributed by atoms with van der Waals surface area (Å²) in [5.74, 6) is 0.733. The van der Waals surface area contributed by atoms with Crippen molar-refractivity contribution >= 4 is 11.9 Å². The minimum absolute atomic E-state index is 0.0748. The van der Waals surface area contributed by atoms with Crippen molar-refractivity contribution in [2.75, 3.05) is 13.2 Å². The van der Waals surface area contributed by atoms with E-state index in [1.54, 1.807) is 55.5 Å². The van der Waals surface area contributed by atoms with Crippen molar-refractivity contribution in [2.24, 2.45) is 5.92 Å². The van der Waals surface area contributed by atoms with Gasteiger partial charge in [0.15, 0.2) is 0 Å². The van der Waals surface area contributed by atoms with E-state index in [4.69, 9.17) is 18.9 Å². The largest absolute Gasteiger partial charge is 0.494 e. The molecule has 0 aliphatic carbocycles. The van der Waals surface area contributed by atoms with Crippen molar-refractivity contribution < 1.29 is 28.5 Å². The average molecular weight is 541 g/mol. The summed E-state index contributed by atoms with van der Waals surface area (Å²) >= 11 is 0. The molecular formula is C33H48O6. The molecule has 0 heterocycles. The lowest BCUT2D eigenvalue weighted by Gasteiger charge is -2.12. The van der Waals surface area contributed by atoms with Crippen LogP contribution >= 0.6 is 0 Å². The average Bonchev–Trinajstić information content (AvgIpc) is 2.93. The maximum Gasteiger partial charge on any atom is 0.314 e. The molecule has 216 valence electrons. The first-order valence-electron chi connectivity index (χ1n) is 14.9. The molecule has 0 aromatic heterocycles. The predicted octanol–water partition coefficient (Wildman–Crippen LogP) is 8.70. The highest BCUT2D eigenvalue weighted by molar-refractivity contribution is 5.82. The summed E-state index contributed by atoms with van der Waals surface area (Å²) in [4.78, 5) is 24.8. The maximum absolute atomic E-state index is 12.5. The number of benzene rings is 2. The Morgan fingerprint density at radius 2 is 0.949 bits per heavy atom. The molecule has 0 fully saturated rings. The number of carbonyl (C=O) groups excluding carboxylic acids is 2. The first-order chi connectivity index (χ1) is 19.0. The number of rotatable bonds is 21. The van der Waals surface area contributed by atoms with Crippen molar-refractivity contribution in [1.82, 2.24) is 0 Å². The molecule has 1 atom stereocenters. The lowest BCUT2D eigenvalue weighted by Crippen LogP contribution is -2.22. The van der Waals surface area contributed by atoms with Crippen LogP contribution < -0.4 is 18.9 Å². The van der Waals surface area contributed by atoms with E-state index < -0.39 is 17.9 Å². The van der Waals surface area contributed by atoms with Crippen LogP contribution in [0.2, 0.25) is 0 Å². The first-order valence-corrected chi connectivity index (χ1v) is 14.9. The summed E-state index contributed by atoms with van der Waals surface area (Å²) in [6.45, 7) is 7.44. The van der Waals surface area contributed by atoms with Gasteiger partial charge in [0.05, 0.1) is 25.6 Å². The molecule has 0 bridgehead atoms. The van der Waals surface area contributed by atoms with Gasteiger partial charge in [-0.15, -0.1) is 0 Å². The molecule has 1 unspecified atom stereocenters. The van der Waals surface area contributed by atoms with E-state index in [9.17, 15) is 9.59 Å². The number of hydrogen-bond donors (Lipinski definition) is 0. The Hall–Kier alpha value is -3.02. The molecule has 2 aromatic rings. The van der Waals surface area contributed by atoms with Crippen molar-refractivity contribution in [2.45, 2.75) is 104 Å². The molecule has 0 amide bonds. The molecule has 0 aliphatic heterocycles. The van der Waals surface area contributed by atoms with Crippen molar-refractivity contribution in [3.8, 4) is 23.0 Å². The van der Waals surface area contributed by atoms with Crippen LogP contribution in [0.25, 0.3) is 0 Å². The molecule has 2 rings (SSSR count). The van der Waals surface area contributed by atoms with Gasteiger partial charge in [-0.2, -0.15) is 0 Å². The molecule has 0 saturated heterocycles. The zero-order valence-corrected chi connectivity index (χ0v) is 24.3. The molecule has 6 heteroatoms. The predicted molar refractivity (Wildman–Crippen MR) is 156 cm³/mol. The lowest BCUT2D eigenvalue weighted by molar-refractivity contribution is -0.144. The standard InChI is InChI=1S/C33H48O6/c1-4-6-8-10-12-14-24-36-28-16-20-30(21-17-28)38-32(34)26-27(3)33(35)39-31-22-18-29(19-23-31)37-25-15-13-11-9-7-5-2/h16-23,27H,4-15,24-26H2,1-3H3. The summed E-state index contributed by atoms with van der Waals surface area (Å²) in [7, 11) is 0. The van der Waals surface area contributed by atoms with Crippen LogP contribution in [-0.2, 0) is 9.59 Å². The van der Waals surface area contributed by atoms with E-state index in [2.05, 4.69) is 13.8 Å². The Morgan fingerprint density at radius 1 is 0.564 bits per heavy atom. The summed E-state index contributed by atoms with van der Waals surface area (Å²) in [5, 5.41) is 0. The van der Waals surface area contributed by atoms with Crippen LogP contribution in [-0.4, -0.2) is 25.2 Å². The van der Waals surface area contributed by atoms with Gasteiger partial charge in [0.1, 0.15) is 23.0 Å². The van der Waals surface area contributed by atoms with Crippen LogP contribution in [0, 0.1) is 5.92 Å². The second kappa shape index (κ2) is 20.0. The minimum atomic E-state index is -0.638. The molecule has 6 nitrogen and oxygen atoms in total. The number of esters is 2. The lowest BCUT2D eigenvalue weighted by atomic mass is 10.1. The second-order valence-corrected chi connectivity index (χ2v) is 10.2. The van der Waals surface area contributed by atoms with Crippen molar-refractivity contribution in [1.29, 1.82) is 0 Å². The van der Waals surface area contributed by atoms with Gasteiger partial charge in [-0.3, -0.25) is 9.59 Å². The summed E-state index contributed by atoms with van der Waals surface area (Å²) in [6.07, 6.45) is 14.5. The van der Waals surface area contributed by atoms with E-state index in [1.807, 2.05) is 0 Å². The zero-order valence-electron chi connectivity index (χ0n) is 24.3. The van der Waals surface area contributed by atoms with Gasteiger partial charge in [-0.05, 0) is 61.4 Å². The summed E-state index contributed by atoms with van der Waals surface area (Å²) in [6, 6.07) is 14.0. The molecule has 0 spiro atoms. The number of unbranched alkanes of at least 4 members (excludes halogenated alkanes) is 10. The molecule has 0 N–H and O–H groups in total. The number of hydrogen-bond acceptors (Lipinski definition) is 6. The van der Waals surface area contributed by atoms with Crippen LogP contribution in [0.15, 0.2) is 48.5 Å². The third kappa shape index (κ3) is 14.6. The van der Waals surface area contributed by atoms with Gasteiger partial charge < -0.3 is 18.9 Å². The highest BCUT2D eigenvalue weighted by Gasteiger charge is 2.20. The van der Waals surface area contributed by atoms with Gasteiger partial charge >= 0.3 is 11.9 Å². The third-order valence-corrected chi connectivity index (χ3v) is 6.51. The topological polar surface area (TPSA) is 71.1 Å². The van der Waals surface area contributed by atoms with E-state index in [0.29, 0.717) is 24.7 Å². The van der Waals surface area contributed by atoms with Crippen molar-refractivity contribution in [3.63, 3.8) is 0 Å². The quantitative estimate of drug-likeness (QED) is 0.0896. The van der Waals surface area contributed by atoms with Gasteiger partial charge in [0, 0.05) is 0 Å². The molecule has 0 radical (unpaired) electrons. The summed E-state index contributed by atoms with van der Waals surface area (Å²) in [5.41, 5.74) is 0. The number of ether oxygens (including phenoxy) is 4. The van der Waals surface area contributed by atoms with E-state index in [-0.39, 0.29) is 6.42 Å². The van der Waals surface area contributed by atoms with E-state index in [1.165, 1.54) is 64.2 Å². The fraction of sp³-hybridized carbons (Fsp3) is 0.576. The third-order valence-electron chi connectivity index (χ3n) is 6.51. The molecular weight excluding hydrogens is 492 g/mol.